The average Bonchev–Trinajstić information content (AvgIpc) is 2.61. The molecular weight excluding hydrogens is 411 g/mol. The van der Waals surface area contributed by atoms with Gasteiger partial charge in [0.05, 0.1) is 11.9 Å². The highest BCUT2D eigenvalue weighted by atomic mass is 33.1. The lowest BCUT2D eigenvalue weighted by Crippen LogP contribution is -2.28. The van der Waals surface area contributed by atoms with Crippen LogP contribution in [0.1, 0.15) is 52.4 Å². The van der Waals surface area contributed by atoms with Gasteiger partial charge in [-0.1, -0.05) is 43.6 Å². The smallest absolute Gasteiger partial charge is 0.317 e. The first-order valence-electron chi connectivity index (χ1n) is 9.00. The fraction of sp³-hybridized carbons (Fsp3) is 0.647. The Hall–Kier alpha value is -0.140. The normalized spacial score (nSPS) is 18.4. The van der Waals surface area contributed by atoms with Gasteiger partial charge in [0.15, 0.2) is 0 Å². The van der Waals surface area contributed by atoms with Crippen molar-refractivity contribution in [2.45, 2.75) is 62.5 Å². The van der Waals surface area contributed by atoms with Crippen molar-refractivity contribution in [1.29, 1.82) is 0 Å². The molecule has 1 atom stereocenters. The Kier molecular flexibility index (Phi) is 8.88. The Morgan fingerprint density at radius 3 is 2.58 bits per heavy atom. The number of hydrogen-bond donors (Lipinski definition) is 0. The molecule has 2 rings (SSSR count). The molecule has 0 N–H and O–H groups in total. The Balaban J connectivity index is 2.10. The monoisotopic (exact) mass is 438 g/mol. The molecule has 0 spiro atoms. The van der Waals surface area contributed by atoms with Crippen LogP contribution in [0.4, 0.5) is 0 Å². The topological polar surface area (TPSA) is 69.7 Å². The highest BCUT2D eigenvalue weighted by molar-refractivity contribution is 8.89. The zero-order chi connectivity index (χ0) is 19.0. The minimum Gasteiger partial charge on any atom is -0.382 e. The Labute approximate surface area is 165 Å². The molecule has 148 valence electrons. The maximum Gasteiger partial charge on any atom is 0.317 e. The first-order chi connectivity index (χ1) is 12.4. The van der Waals surface area contributed by atoms with Gasteiger partial charge < -0.3 is 8.71 Å². The summed E-state index contributed by atoms with van der Waals surface area (Å²) in [6, 6.07) is 6.76. The van der Waals surface area contributed by atoms with Crippen molar-refractivity contribution < 1.29 is 21.7 Å². The van der Waals surface area contributed by atoms with E-state index in [0.717, 1.165) is 42.8 Å². The van der Waals surface area contributed by atoms with E-state index in [0.29, 0.717) is 24.3 Å². The highest BCUT2D eigenvalue weighted by Gasteiger charge is 2.30. The summed E-state index contributed by atoms with van der Waals surface area (Å²) in [6.07, 6.45) is 5.16. The molecule has 0 aromatic heterocycles. The van der Waals surface area contributed by atoms with E-state index in [1.165, 1.54) is 11.4 Å². The second-order valence-corrected chi connectivity index (χ2v) is 15.3. The number of hydrogen-bond acceptors (Lipinski definition) is 7. The lowest BCUT2D eigenvalue weighted by molar-refractivity contribution is 0.357. The van der Waals surface area contributed by atoms with E-state index in [4.69, 9.17) is 8.71 Å². The van der Waals surface area contributed by atoms with Crippen LogP contribution in [-0.4, -0.2) is 26.0 Å². The molecule has 0 heterocycles. The average molecular weight is 439 g/mol. The molecule has 5 nitrogen and oxygen atoms in total. The third-order valence-corrected chi connectivity index (χ3v) is 12.9. The van der Waals surface area contributed by atoms with Gasteiger partial charge in [-0.2, -0.15) is 8.42 Å². The summed E-state index contributed by atoms with van der Waals surface area (Å²) in [7, 11) is -3.64. The SMILES string of the molecule is CCCSP(=O)(OCC)Sc1cccc(OS(=O)(=O)C2CCCCC2)c1. The fourth-order valence-corrected chi connectivity index (χ4v) is 11.0. The first kappa shape index (κ1) is 22.2. The van der Waals surface area contributed by atoms with Crippen LogP contribution in [0.2, 0.25) is 0 Å². The molecule has 1 saturated carbocycles. The second kappa shape index (κ2) is 10.4. The zero-order valence-electron chi connectivity index (χ0n) is 15.3. The highest BCUT2D eigenvalue weighted by Crippen LogP contribution is 2.72. The van der Waals surface area contributed by atoms with Gasteiger partial charge in [0.2, 0.25) is 0 Å². The van der Waals surface area contributed by atoms with Crippen LogP contribution in [0.3, 0.4) is 0 Å². The molecule has 1 fully saturated rings. The maximum atomic E-state index is 12.9. The third-order valence-electron chi connectivity index (χ3n) is 3.94. The Morgan fingerprint density at radius 2 is 1.92 bits per heavy atom. The summed E-state index contributed by atoms with van der Waals surface area (Å²) < 4.78 is 48.7. The van der Waals surface area contributed by atoms with E-state index in [9.17, 15) is 13.0 Å². The molecule has 1 unspecified atom stereocenters. The van der Waals surface area contributed by atoms with Crippen molar-refractivity contribution in [3.63, 3.8) is 0 Å². The van der Waals surface area contributed by atoms with Gasteiger partial charge in [0.25, 0.3) is 0 Å². The van der Waals surface area contributed by atoms with E-state index >= 15 is 0 Å². The molecule has 1 aromatic rings. The minimum absolute atomic E-state index is 0.268. The zero-order valence-corrected chi connectivity index (χ0v) is 18.6. The predicted molar refractivity (Wildman–Crippen MR) is 111 cm³/mol. The van der Waals surface area contributed by atoms with Crippen LogP contribution in [-0.2, 0) is 19.2 Å². The standard InChI is InChI=1S/C17H27O5PS3/c1-3-13-24-23(18,21-4-2)25-16-10-8-9-15(14-16)22-26(19,20)17-11-6-5-7-12-17/h8-10,14,17H,3-7,11-13H2,1-2H3. The first-order valence-corrected chi connectivity index (χ1v) is 15.1. The summed E-state index contributed by atoms with van der Waals surface area (Å²) in [5.74, 6) is -1.91. The fourth-order valence-electron chi connectivity index (χ4n) is 2.72. The molecule has 0 bridgehead atoms. The largest absolute Gasteiger partial charge is 0.382 e. The number of rotatable bonds is 10. The molecule has 26 heavy (non-hydrogen) atoms. The van der Waals surface area contributed by atoms with Gasteiger partial charge in [0.1, 0.15) is 5.75 Å². The molecule has 0 saturated heterocycles. The summed E-state index contributed by atoms with van der Waals surface area (Å²) >= 11 is 2.48. The van der Waals surface area contributed by atoms with E-state index in [1.54, 1.807) is 24.3 Å². The summed E-state index contributed by atoms with van der Waals surface area (Å²) in [5.41, 5.74) is 0. The molecule has 1 aromatic carbocycles. The van der Waals surface area contributed by atoms with Crippen molar-refractivity contribution in [1.82, 2.24) is 0 Å². The maximum absolute atomic E-state index is 12.9. The van der Waals surface area contributed by atoms with Crippen molar-refractivity contribution in [2.75, 3.05) is 12.4 Å². The van der Waals surface area contributed by atoms with E-state index < -0.39 is 21.1 Å². The second-order valence-electron chi connectivity index (χ2n) is 6.10. The number of benzene rings is 1. The molecule has 1 aliphatic carbocycles. The summed E-state index contributed by atoms with van der Waals surface area (Å²) in [4.78, 5) is 0.682. The van der Waals surface area contributed by atoms with E-state index in [-0.39, 0.29) is 5.75 Å². The third kappa shape index (κ3) is 6.79. The summed E-state index contributed by atoms with van der Waals surface area (Å²) in [5, 5.41) is -0.429. The molecule has 0 amide bonds. The van der Waals surface area contributed by atoms with Crippen LogP contribution in [0.15, 0.2) is 29.2 Å². The van der Waals surface area contributed by atoms with Gasteiger partial charge in [-0.15, -0.1) is 0 Å². The van der Waals surface area contributed by atoms with Gasteiger partial charge in [-0.05, 0) is 55.8 Å². The van der Waals surface area contributed by atoms with Gasteiger partial charge in [0, 0.05) is 10.6 Å². The van der Waals surface area contributed by atoms with Gasteiger partial charge in [-0.3, -0.25) is 4.57 Å². The quantitative estimate of drug-likeness (QED) is 0.322. The molecule has 9 heteroatoms. The molecule has 1 aliphatic rings. The predicted octanol–water partition coefficient (Wildman–Crippen LogP) is 6.11. The van der Waals surface area contributed by atoms with Crippen LogP contribution in [0.5, 0.6) is 5.75 Å². The lowest BCUT2D eigenvalue weighted by Gasteiger charge is -2.21. The van der Waals surface area contributed by atoms with Crippen molar-refractivity contribution >= 4 is 38.7 Å². The van der Waals surface area contributed by atoms with Crippen LogP contribution >= 0.6 is 28.5 Å². The lowest BCUT2D eigenvalue weighted by atomic mass is 10.0. The van der Waals surface area contributed by atoms with Crippen LogP contribution in [0.25, 0.3) is 0 Å². The Morgan fingerprint density at radius 1 is 1.19 bits per heavy atom. The van der Waals surface area contributed by atoms with Crippen molar-refractivity contribution in [3.05, 3.63) is 24.3 Å². The van der Waals surface area contributed by atoms with E-state index in [1.807, 2.05) is 13.8 Å². The van der Waals surface area contributed by atoms with Crippen molar-refractivity contribution in [2.24, 2.45) is 0 Å². The Bertz CT molecular complexity index is 717. The van der Waals surface area contributed by atoms with Crippen LogP contribution in [0, 0.1) is 0 Å². The van der Waals surface area contributed by atoms with Crippen LogP contribution < -0.4 is 4.18 Å². The van der Waals surface area contributed by atoms with Gasteiger partial charge >= 0.3 is 15.9 Å². The minimum atomic E-state index is -3.64. The molecule has 0 radical (unpaired) electrons. The molecular formula is C17H27O5PS3. The molecule has 0 aliphatic heterocycles. The van der Waals surface area contributed by atoms with Gasteiger partial charge in [-0.25, -0.2) is 0 Å². The van der Waals surface area contributed by atoms with Crippen molar-refractivity contribution in [3.8, 4) is 5.75 Å². The summed E-state index contributed by atoms with van der Waals surface area (Å²) in [6.45, 7) is 4.21. The van der Waals surface area contributed by atoms with E-state index in [2.05, 4.69) is 0 Å².